The fourth-order valence-electron chi connectivity index (χ4n) is 2.85. The topological polar surface area (TPSA) is 86.7 Å². The van der Waals surface area contributed by atoms with Crippen molar-refractivity contribution in [2.75, 3.05) is 22.7 Å². The maximum atomic E-state index is 13.0. The fraction of sp³-hybridized carbons (Fsp3) is 0.130. The summed E-state index contributed by atoms with van der Waals surface area (Å²) in [4.78, 5) is 29.7. The summed E-state index contributed by atoms with van der Waals surface area (Å²) in [6.07, 6.45) is -3.04. The lowest BCUT2D eigenvalue weighted by molar-refractivity contribution is -0.137. The number of hydrogen-bond donors (Lipinski definition) is 2. The van der Waals surface area contributed by atoms with Gasteiger partial charge < -0.3 is 10.6 Å². The number of nitrogens with one attached hydrogen (secondary N) is 2. The van der Waals surface area contributed by atoms with Crippen LogP contribution in [0.3, 0.4) is 0 Å². The number of alkyl halides is 3. The summed E-state index contributed by atoms with van der Waals surface area (Å²) in [5.41, 5.74) is -0.521. The minimum atomic E-state index is -4.63. The molecule has 3 rings (SSSR count). The van der Waals surface area contributed by atoms with Gasteiger partial charge in [0, 0.05) is 19.5 Å². The van der Waals surface area contributed by atoms with Crippen LogP contribution in [-0.2, 0) is 15.8 Å². The quantitative estimate of drug-likeness (QED) is 0.200. The van der Waals surface area contributed by atoms with Crippen molar-refractivity contribution in [1.29, 1.82) is 0 Å². The van der Waals surface area contributed by atoms with Gasteiger partial charge in [0.05, 0.1) is 32.0 Å². The third kappa shape index (κ3) is 6.87. The van der Waals surface area contributed by atoms with Gasteiger partial charge in [0.1, 0.15) is 0 Å². The van der Waals surface area contributed by atoms with E-state index in [0.29, 0.717) is 12.3 Å². The smallest absolute Gasteiger partial charge is 0.324 e. The Morgan fingerprint density at radius 1 is 0.944 bits per heavy atom. The number of hydrogen-bond acceptors (Lipinski definition) is 5. The number of para-hydroxylation sites is 2. The van der Waals surface area contributed by atoms with Crippen molar-refractivity contribution < 1.29 is 22.8 Å². The second-order valence-corrected chi connectivity index (χ2v) is 8.45. The Labute approximate surface area is 218 Å². The molecule has 2 amide bonds. The van der Waals surface area contributed by atoms with Crippen molar-refractivity contribution in [2.45, 2.75) is 6.18 Å². The molecule has 13 heteroatoms. The Kier molecular flexibility index (Phi) is 8.78. The highest BCUT2D eigenvalue weighted by Gasteiger charge is 2.32. The van der Waals surface area contributed by atoms with Crippen LogP contribution in [0.15, 0.2) is 65.9 Å². The normalized spacial score (nSPS) is 11.6. The summed E-state index contributed by atoms with van der Waals surface area (Å²) >= 11 is 18.1. The second kappa shape index (κ2) is 11.6. The van der Waals surface area contributed by atoms with E-state index < -0.39 is 29.5 Å². The van der Waals surface area contributed by atoms with Crippen molar-refractivity contribution in [2.24, 2.45) is 11.0 Å². The van der Waals surface area contributed by atoms with Gasteiger partial charge >= 0.3 is 6.18 Å². The molecule has 0 saturated carbocycles. The molecule has 0 spiro atoms. The summed E-state index contributed by atoms with van der Waals surface area (Å²) < 4.78 is 38.7. The van der Waals surface area contributed by atoms with Crippen molar-refractivity contribution >= 4 is 70.0 Å². The van der Waals surface area contributed by atoms with Crippen molar-refractivity contribution in [1.82, 2.24) is 4.98 Å². The number of anilines is 3. The molecule has 0 fully saturated rings. The Balaban J connectivity index is 1.88. The summed E-state index contributed by atoms with van der Waals surface area (Å²) in [5.74, 6) is -3.20. The van der Waals surface area contributed by atoms with Crippen LogP contribution < -0.4 is 15.6 Å². The first-order chi connectivity index (χ1) is 17.0. The third-order valence-electron chi connectivity index (χ3n) is 4.67. The van der Waals surface area contributed by atoms with E-state index in [2.05, 4.69) is 20.7 Å². The summed E-state index contributed by atoms with van der Waals surface area (Å²) in [6, 6.07) is 13.5. The molecule has 0 atom stereocenters. The minimum absolute atomic E-state index is 0.127. The van der Waals surface area contributed by atoms with Gasteiger partial charge in [0.15, 0.2) is 11.7 Å². The van der Waals surface area contributed by atoms with E-state index in [0.717, 1.165) is 11.2 Å². The highest BCUT2D eigenvalue weighted by molar-refractivity contribution is 6.35. The van der Waals surface area contributed by atoms with E-state index >= 15 is 0 Å². The Hall–Kier alpha value is -3.34. The molecule has 36 heavy (non-hydrogen) atoms. The van der Waals surface area contributed by atoms with Gasteiger partial charge in [-0.1, -0.05) is 59.1 Å². The molecule has 1 aromatic heterocycles. The molecule has 0 aliphatic carbocycles. The zero-order valence-corrected chi connectivity index (χ0v) is 20.6. The first-order valence-electron chi connectivity index (χ1n) is 10.1. The molecule has 1 heterocycles. The molecule has 0 bridgehead atoms. The molecule has 0 unspecified atom stereocenters. The molecule has 0 saturated heterocycles. The first kappa shape index (κ1) is 27.3. The fourth-order valence-corrected chi connectivity index (χ4v) is 3.50. The Morgan fingerprint density at radius 2 is 1.44 bits per heavy atom. The van der Waals surface area contributed by atoms with Gasteiger partial charge in [-0.3, -0.25) is 14.6 Å². The standard InChI is InChI=1S/C23H17Cl3F3N5O2/c1-34(20-17(26)10-13(11-30-20)23(27,28)29)31-12-14(21(35)32-18-8-4-2-6-15(18)24)22(36)33-19-9-5-3-7-16(19)25/h2-12,14H,1H3,(H,32,35)(H,33,36). The summed E-state index contributed by atoms with van der Waals surface area (Å²) in [7, 11) is 1.34. The number of carbonyl (C=O) groups excluding carboxylic acids is 2. The lowest BCUT2D eigenvalue weighted by Gasteiger charge is -2.17. The lowest BCUT2D eigenvalue weighted by Crippen LogP contribution is -2.35. The Bertz CT molecular complexity index is 1240. The van der Waals surface area contributed by atoms with Crippen molar-refractivity contribution in [3.8, 4) is 0 Å². The maximum absolute atomic E-state index is 13.0. The number of amides is 2. The second-order valence-electron chi connectivity index (χ2n) is 7.23. The van der Waals surface area contributed by atoms with Crippen LogP contribution in [0, 0.1) is 5.92 Å². The highest BCUT2D eigenvalue weighted by atomic mass is 35.5. The van der Waals surface area contributed by atoms with Crippen LogP contribution in [0.25, 0.3) is 0 Å². The van der Waals surface area contributed by atoms with E-state index in [4.69, 9.17) is 34.8 Å². The SMILES string of the molecule is CN(N=CC(C(=O)Nc1ccccc1Cl)C(=O)Nc1ccccc1Cl)c1ncc(C(F)(F)F)cc1Cl. The van der Waals surface area contributed by atoms with Gasteiger partial charge in [0.25, 0.3) is 0 Å². The predicted octanol–water partition coefficient (Wildman–Crippen LogP) is 6.38. The molecular formula is C23H17Cl3F3N5O2. The molecule has 2 aromatic carbocycles. The molecule has 7 nitrogen and oxygen atoms in total. The van der Waals surface area contributed by atoms with E-state index in [9.17, 15) is 22.8 Å². The van der Waals surface area contributed by atoms with Gasteiger partial charge in [0.2, 0.25) is 11.8 Å². The van der Waals surface area contributed by atoms with Crippen LogP contribution in [0.1, 0.15) is 5.56 Å². The highest BCUT2D eigenvalue weighted by Crippen LogP contribution is 2.33. The zero-order valence-electron chi connectivity index (χ0n) is 18.4. The zero-order chi connectivity index (χ0) is 26.5. The minimum Gasteiger partial charge on any atom is -0.324 e. The number of nitrogens with zero attached hydrogens (tertiary/aromatic N) is 3. The molecule has 0 radical (unpaired) electrons. The number of aromatic nitrogens is 1. The average molecular weight is 559 g/mol. The summed E-state index contributed by atoms with van der Waals surface area (Å²) in [5, 5.41) is 10.3. The van der Waals surface area contributed by atoms with E-state index in [1.165, 1.54) is 7.05 Å². The Morgan fingerprint density at radius 3 is 1.89 bits per heavy atom. The largest absolute Gasteiger partial charge is 0.417 e. The monoisotopic (exact) mass is 557 g/mol. The molecule has 2 N–H and O–H groups in total. The molecule has 0 aliphatic heterocycles. The third-order valence-corrected chi connectivity index (χ3v) is 5.61. The maximum Gasteiger partial charge on any atom is 0.417 e. The number of pyridine rings is 1. The van der Waals surface area contributed by atoms with Crippen LogP contribution in [-0.4, -0.2) is 30.1 Å². The summed E-state index contributed by atoms with van der Waals surface area (Å²) in [6.45, 7) is 0. The number of halogens is 6. The molecule has 3 aromatic rings. The molecule has 0 aliphatic rings. The first-order valence-corrected chi connectivity index (χ1v) is 11.2. The van der Waals surface area contributed by atoms with E-state index in [-0.39, 0.29) is 32.3 Å². The van der Waals surface area contributed by atoms with E-state index in [1.54, 1.807) is 48.5 Å². The van der Waals surface area contributed by atoms with Crippen LogP contribution in [0.4, 0.5) is 30.4 Å². The number of hydrazone groups is 1. The predicted molar refractivity (Wildman–Crippen MR) is 135 cm³/mol. The lowest BCUT2D eigenvalue weighted by atomic mass is 10.1. The molecule has 188 valence electrons. The number of rotatable bonds is 7. The van der Waals surface area contributed by atoms with Crippen molar-refractivity contribution in [3.63, 3.8) is 0 Å². The van der Waals surface area contributed by atoms with E-state index in [1.807, 2.05) is 0 Å². The molecular weight excluding hydrogens is 542 g/mol. The number of benzene rings is 2. The van der Waals surface area contributed by atoms with Gasteiger partial charge in [-0.2, -0.15) is 18.3 Å². The number of carbonyl (C=O) groups is 2. The van der Waals surface area contributed by atoms with Crippen LogP contribution in [0.2, 0.25) is 15.1 Å². The van der Waals surface area contributed by atoms with Crippen molar-refractivity contribution in [3.05, 3.63) is 81.4 Å². The van der Waals surface area contributed by atoms with Gasteiger partial charge in [-0.05, 0) is 30.3 Å². The van der Waals surface area contributed by atoms with Gasteiger partial charge in [-0.25, -0.2) is 4.98 Å². The average Bonchev–Trinajstić information content (AvgIpc) is 2.81. The van der Waals surface area contributed by atoms with Crippen LogP contribution >= 0.6 is 34.8 Å². The van der Waals surface area contributed by atoms with Crippen LogP contribution in [0.5, 0.6) is 0 Å². The van der Waals surface area contributed by atoms with Gasteiger partial charge in [-0.15, -0.1) is 0 Å².